The molecule has 0 saturated heterocycles. The van der Waals surface area contributed by atoms with Gasteiger partial charge in [-0.05, 0) is 6.42 Å². The number of hydrogen-bond acceptors (Lipinski definition) is 9. The molecule has 1 unspecified atom stereocenters. The van der Waals surface area contributed by atoms with Crippen LogP contribution >= 0.6 is 19.6 Å². The molecule has 17 heteroatoms. The van der Waals surface area contributed by atoms with Gasteiger partial charge in [-0.15, -0.1) is 0 Å². The van der Waals surface area contributed by atoms with Crippen LogP contribution in [0.3, 0.4) is 0 Å². The Hall–Kier alpha value is -1.71. The van der Waals surface area contributed by atoms with Crippen molar-refractivity contribution in [3.63, 3.8) is 0 Å². The molecule has 268 valence electrons. The van der Waals surface area contributed by atoms with Crippen molar-refractivity contribution in [1.29, 1.82) is 0 Å². The Morgan fingerprint density at radius 2 is 1.59 bits per heavy atom. The molecule has 46 heavy (non-hydrogen) atoms. The maximum absolute atomic E-state index is 13.7. The van der Waals surface area contributed by atoms with Crippen LogP contribution in [0.4, 0.5) is 23.4 Å². The molecule has 11 nitrogen and oxygen atoms in total. The molecule has 0 bridgehead atoms. The van der Waals surface area contributed by atoms with Crippen LogP contribution in [-0.2, 0) is 23.1 Å². The maximum Gasteiger partial charge on any atom is 0.472 e. The highest BCUT2D eigenvalue weighted by atomic mass is 32.2. The lowest BCUT2D eigenvalue weighted by Crippen LogP contribution is -2.45. The molecular weight excluding hydrogens is 655 g/mol. The van der Waals surface area contributed by atoms with E-state index in [1.165, 1.54) is 58.5 Å². The summed E-state index contributed by atoms with van der Waals surface area (Å²) in [5.41, 5.74) is 4.45. The van der Waals surface area contributed by atoms with Crippen molar-refractivity contribution in [3.05, 3.63) is 22.5 Å². The van der Waals surface area contributed by atoms with E-state index in [1.54, 1.807) is 0 Å². The average molecular weight is 707 g/mol. The topological polar surface area (TPSA) is 155 Å². The van der Waals surface area contributed by atoms with E-state index in [1.807, 2.05) is 5.32 Å². The maximum atomic E-state index is 13.7. The molecule has 1 aromatic rings. The van der Waals surface area contributed by atoms with Crippen LogP contribution < -0.4 is 16.7 Å². The van der Waals surface area contributed by atoms with Gasteiger partial charge >= 0.3 is 25.6 Å². The summed E-state index contributed by atoms with van der Waals surface area (Å²) >= 11 is 1.14. The fourth-order valence-electron chi connectivity index (χ4n) is 4.59. The van der Waals surface area contributed by atoms with E-state index in [0.717, 1.165) is 54.6 Å². The van der Waals surface area contributed by atoms with Gasteiger partial charge in [-0.3, -0.25) is 18.4 Å². The minimum atomic E-state index is -5.11. The number of methoxy groups -OCH3 is 1. The molecule has 3 atom stereocenters. The first kappa shape index (κ1) is 42.3. The Labute approximate surface area is 273 Å². The first-order valence-electron chi connectivity index (χ1n) is 15.9. The predicted octanol–water partition coefficient (Wildman–Crippen LogP) is 6.89. The largest absolute Gasteiger partial charge is 0.472 e. The number of carbonyl (C=O) groups excluding carboxylic acids is 1. The van der Waals surface area contributed by atoms with Crippen LogP contribution in [-0.4, -0.2) is 64.4 Å². The van der Waals surface area contributed by atoms with Crippen LogP contribution in [0.1, 0.15) is 109 Å². The Kier molecular flexibility index (Phi) is 21.7. The SMILES string of the molecule is CCCCCCCCCCCCCCCC[C@H](COP(=O)(O)OCCSC[C@H](OC)n1cc(F)c(N)nc1=O)NC(=O)C(F)(F)F. The molecule has 0 radical (unpaired) electrons. The summed E-state index contributed by atoms with van der Waals surface area (Å²) in [4.78, 5) is 36.9. The molecule has 0 aliphatic heterocycles. The number of phosphoric ester groups is 1. The van der Waals surface area contributed by atoms with Crippen molar-refractivity contribution >= 4 is 31.3 Å². The van der Waals surface area contributed by atoms with Gasteiger partial charge in [0.1, 0.15) is 6.23 Å². The van der Waals surface area contributed by atoms with Gasteiger partial charge in [0, 0.05) is 18.6 Å². The third-order valence-electron chi connectivity index (χ3n) is 7.20. The first-order chi connectivity index (χ1) is 21.8. The van der Waals surface area contributed by atoms with E-state index >= 15 is 0 Å². The number of aromatic nitrogens is 2. The number of nitrogens with two attached hydrogens (primary N) is 1. The van der Waals surface area contributed by atoms with Gasteiger partial charge in [0.05, 0.1) is 25.5 Å². The van der Waals surface area contributed by atoms with Crippen molar-refractivity contribution in [3.8, 4) is 0 Å². The number of thioether (sulfide) groups is 1. The van der Waals surface area contributed by atoms with Crippen molar-refractivity contribution < 1.29 is 45.6 Å². The monoisotopic (exact) mass is 706 g/mol. The zero-order valence-corrected chi connectivity index (χ0v) is 28.6. The van der Waals surface area contributed by atoms with Crippen molar-refractivity contribution in [2.45, 2.75) is 122 Å². The second-order valence-electron chi connectivity index (χ2n) is 11.1. The number of alkyl halides is 3. The number of amides is 1. The zero-order valence-electron chi connectivity index (χ0n) is 26.9. The fraction of sp³-hybridized carbons (Fsp3) is 0.828. The molecule has 0 fully saturated rings. The highest BCUT2D eigenvalue weighted by Crippen LogP contribution is 2.43. The average Bonchev–Trinajstić information content (AvgIpc) is 2.99. The van der Waals surface area contributed by atoms with E-state index in [0.29, 0.717) is 6.42 Å². The minimum absolute atomic E-state index is 0.117. The summed E-state index contributed by atoms with van der Waals surface area (Å²) in [7, 11) is -3.36. The van der Waals surface area contributed by atoms with E-state index in [2.05, 4.69) is 11.9 Å². The summed E-state index contributed by atoms with van der Waals surface area (Å²) in [5, 5.41) is 1.84. The molecule has 0 spiro atoms. The molecular formula is C29H51F4N4O7PS. The van der Waals surface area contributed by atoms with Crippen LogP contribution in [0.15, 0.2) is 11.0 Å². The van der Waals surface area contributed by atoms with Crippen LogP contribution in [0, 0.1) is 5.82 Å². The normalized spacial score (nSPS) is 14.6. The lowest BCUT2D eigenvalue weighted by atomic mass is 10.0. The number of nitrogens with zero attached hydrogens (tertiary/aromatic N) is 2. The zero-order chi connectivity index (χ0) is 34.4. The quantitative estimate of drug-likeness (QED) is 0.0500. The smallest absolute Gasteiger partial charge is 0.381 e. The lowest BCUT2D eigenvalue weighted by molar-refractivity contribution is -0.174. The second kappa shape index (κ2) is 23.6. The Bertz CT molecular complexity index is 1100. The number of nitrogens with one attached hydrogen (secondary N) is 1. The summed E-state index contributed by atoms with van der Waals surface area (Å²) in [6.07, 6.45) is 10.6. The summed E-state index contributed by atoms with van der Waals surface area (Å²) in [5.74, 6) is -3.36. The number of anilines is 1. The van der Waals surface area contributed by atoms with Gasteiger partial charge < -0.3 is 20.7 Å². The molecule has 0 aromatic carbocycles. The van der Waals surface area contributed by atoms with E-state index in [-0.39, 0.29) is 24.5 Å². The fourth-order valence-corrected chi connectivity index (χ4v) is 6.35. The molecule has 0 saturated carbocycles. The van der Waals surface area contributed by atoms with Gasteiger partial charge in [0.2, 0.25) is 0 Å². The molecule has 1 heterocycles. The van der Waals surface area contributed by atoms with E-state index in [9.17, 15) is 36.6 Å². The van der Waals surface area contributed by atoms with E-state index < -0.39 is 56.1 Å². The third kappa shape index (κ3) is 19.2. The highest BCUT2D eigenvalue weighted by Gasteiger charge is 2.40. The van der Waals surface area contributed by atoms with Crippen LogP contribution in [0.2, 0.25) is 0 Å². The van der Waals surface area contributed by atoms with Gasteiger partial charge in [-0.2, -0.15) is 29.9 Å². The lowest BCUT2D eigenvalue weighted by Gasteiger charge is -2.21. The van der Waals surface area contributed by atoms with Gasteiger partial charge in [0.15, 0.2) is 11.6 Å². The molecule has 1 aromatic heterocycles. The van der Waals surface area contributed by atoms with Crippen molar-refractivity contribution in [2.75, 3.05) is 37.6 Å². The van der Waals surface area contributed by atoms with Crippen molar-refractivity contribution in [2.24, 2.45) is 0 Å². The Balaban J connectivity index is 2.37. The molecule has 1 rings (SSSR count). The number of halogens is 4. The molecule has 0 aliphatic carbocycles. The highest BCUT2D eigenvalue weighted by molar-refractivity contribution is 7.99. The van der Waals surface area contributed by atoms with Crippen molar-refractivity contribution in [1.82, 2.24) is 14.9 Å². The first-order valence-corrected chi connectivity index (χ1v) is 18.6. The molecule has 4 N–H and O–H groups in total. The summed E-state index contributed by atoms with van der Waals surface area (Å²) < 4.78 is 80.4. The van der Waals surface area contributed by atoms with Gasteiger partial charge in [0.25, 0.3) is 0 Å². The van der Waals surface area contributed by atoms with E-state index in [4.69, 9.17) is 19.5 Å². The number of nitrogen functional groups attached to an aromatic ring is 1. The third-order valence-corrected chi connectivity index (χ3v) is 9.16. The summed E-state index contributed by atoms with van der Waals surface area (Å²) in [6, 6.07) is -1.14. The van der Waals surface area contributed by atoms with Crippen LogP contribution in [0.25, 0.3) is 0 Å². The Morgan fingerprint density at radius 1 is 1.04 bits per heavy atom. The van der Waals surface area contributed by atoms with Gasteiger partial charge in [-0.1, -0.05) is 96.8 Å². The minimum Gasteiger partial charge on any atom is -0.381 e. The second-order valence-corrected chi connectivity index (χ2v) is 13.7. The number of phosphoric acid groups is 1. The molecule has 1 amide bonds. The standard InChI is InChI=1S/C29H51F4N4O7PS/c1-3-4-5-6-7-8-9-10-11-12-13-14-15-16-17-23(35-27(38)29(31,32)33)21-44-45(40,41)43-18-19-46-22-25(42-2)37-20-24(30)26(34)36-28(37)39/h20,23,25H,3-19,21-22H2,1-2H3,(H,35,38)(H,40,41)(H2,34,36,39)/t23-,25+/m1/s1. The number of carbonyl (C=O) groups is 1. The number of hydrogen-bond donors (Lipinski definition) is 3. The number of ether oxygens (including phenoxy) is 1. The van der Waals surface area contributed by atoms with Crippen LogP contribution in [0.5, 0.6) is 0 Å². The molecule has 0 aliphatic rings. The number of rotatable bonds is 27. The Morgan fingerprint density at radius 3 is 2.11 bits per heavy atom. The summed E-state index contributed by atoms with van der Waals surface area (Å²) in [6.45, 7) is 1.26. The van der Waals surface area contributed by atoms with Gasteiger partial charge in [-0.25, -0.2) is 13.8 Å². The number of unbranched alkanes of at least 4 members (excludes halogenated alkanes) is 13. The predicted molar refractivity (Wildman–Crippen MR) is 171 cm³/mol.